The molecule has 132 valence electrons. The van der Waals surface area contributed by atoms with Gasteiger partial charge in [-0.25, -0.2) is 0 Å². The molecule has 1 heterocycles. The van der Waals surface area contributed by atoms with Gasteiger partial charge in [0.05, 0.1) is 13.2 Å². The number of rotatable bonds is 4. The summed E-state index contributed by atoms with van der Waals surface area (Å²) in [5, 5.41) is 0. The van der Waals surface area contributed by atoms with Crippen LogP contribution in [0.15, 0.2) is 72.8 Å². The summed E-state index contributed by atoms with van der Waals surface area (Å²) in [7, 11) is 0. The lowest BCUT2D eigenvalue weighted by Crippen LogP contribution is -2.10. The molecule has 0 spiro atoms. The Morgan fingerprint density at radius 1 is 0.615 bits per heavy atom. The molecule has 1 aliphatic heterocycles. The molecule has 1 saturated heterocycles. The zero-order chi connectivity index (χ0) is 17.9. The van der Waals surface area contributed by atoms with Crippen molar-refractivity contribution in [1.29, 1.82) is 0 Å². The summed E-state index contributed by atoms with van der Waals surface area (Å²) in [5.74, 6) is 0. The number of aryl methyl sites for hydroxylation is 2. The molecule has 0 bridgehead atoms. The summed E-state index contributed by atoms with van der Waals surface area (Å²) in [6.45, 7) is 5.53. The second kappa shape index (κ2) is 7.32. The van der Waals surface area contributed by atoms with Crippen LogP contribution in [-0.2, 0) is 9.47 Å². The highest BCUT2D eigenvalue weighted by Gasteiger charge is 2.19. The highest BCUT2D eigenvalue weighted by atomic mass is 16.7. The van der Waals surface area contributed by atoms with Crippen molar-refractivity contribution in [1.82, 2.24) is 0 Å². The van der Waals surface area contributed by atoms with E-state index in [1.165, 1.54) is 11.1 Å². The van der Waals surface area contributed by atoms with Crippen LogP contribution < -0.4 is 4.90 Å². The molecule has 0 aromatic heterocycles. The van der Waals surface area contributed by atoms with E-state index in [1.54, 1.807) is 0 Å². The molecule has 3 heteroatoms. The topological polar surface area (TPSA) is 21.7 Å². The SMILES string of the molecule is Cc1ccc(N(c2ccc(C)cc2)c2ccc(C3OCCO3)cc2)cc1. The fraction of sp³-hybridized carbons (Fsp3) is 0.217. The van der Waals surface area contributed by atoms with E-state index in [4.69, 9.17) is 9.47 Å². The summed E-state index contributed by atoms with van der Waals surface area (Å²) < 4.78 is 11.2. The second-order valence-corrected chi connectivity index (χ2v) is 6.67. The Balaban J connectivity index is 1.72. The van der Waals surface area contributed by atoms with Crippen LogP contribution in [0.4, 0.5) is 17.1 Å². The molecule has 4 rings (SSSR count). The maximum atomic E-state index is 5.60. The molecule has 3 nitrogen and oxygen atoms in total. The number of ether oxygens (including phenoxy) is 2. The van der Waals surface area contributed by atoms with Gasteiger partial charge in [0, 0.05) is 22.6 Å². The first-order valence-corrected chi connectivity index (χ1v) is 8.97. The van der Waals surface area contributed by atoms with E-state index in [0.29, 0.717) is 13.2 Å². The molecule has 0 atom stereocenters. The molecule has 0 aliphatic carbocycles. The predicted octanol–water partition coefficient (Wildman–Crippen LogP) is 5.82. The van der Waals surface area contributed by atoms with E-state index >= 15 is 0 Å². The average molecular weight is 345 g/mol. The third-order valence-electron chi connectivity index (χ3n) is 4.63. The summed E-state index contributed by atoms with van der Waals surface area (Å²) in [4.78, 5) is 2.26. The van der Waals surface area contributed by atoms with Crippen molar-refractivity contribution in [2.45, 2.75) is 20.1 Å². The van der Waals surface area contributed by atoms with Crippen LogP contribution >= 0.6 is 0 Å². The van der Waals surface area contributed by atoms with E-state index < -0.39 is 0 Å². The number of hydrogen-bond acceptors (Lipinski definition) is 3. The predicted molar refractivity (Wildman–Crippen MR) is 105 cm³/mol. The van der Waals surface area contributed by atoms with E-state index in [0.717, 1.165) is 22.6 Å². The molecule has 26 heavy (non-hydrogen) atoms. The van der Waals surface area contributed by atoms with Gasteiger partial charge in [-0.3, -0.25) is 0 Å². The number of nitrogens with zero attached hydrogens (tertiary/aromatic N) is 1. The Bertz CT molecular complexity index is 803. The van der Waals surface area contributed by atoms with Gasteiger partial charge in [-0.05, 0) is 50.2 Å². The first-order chi connectivity index (χ1) is 12.7. The molecule has 0 saturated carbocycles. The lowest BCUT2D eigenvalue weighted by atomic mass is 10.1. The fourth-order valence-electron chi connectivity index (χ4n) is 3.17. The lowest BCUT2D eigenvalue weighted by molar-refractivity contribution is -0.0441. The quantitative estimate of drug-likeness (QED) is 0.595. The van der Waals surface area contributed by atoms with Crippen molar-refractivity contribution in [3.05, 3.63) is 89.5 Å². The van der Waals surface area contributed by atoms with Crippen molar-refractivity contribution >= 4 is 17.1 Å². The van der Waals surface area contributed by atoms with E-state index in [9.17, 15) is 0 Å². The Morgan fingerprint density at radius 2 is 1.00 bits per heavy atom. The van der Waals surface area contributed by atoms with Gasteiger partial charge in [0.1, 0.15) is 0 Å². The van der Waals surface area contributed by atoms with Crippen LogP contribution in [0, 0.1) is 13.8 Å². The lowest BCUT2D eigenvalue weighted by Gasteiger charge is -2.26. The minimum absolute atomic E-state index is 0.240. The molecule has 0 N–H and O–H groups in total. The minimum atomic E-state index is -0.240. The number of benzene rings is 3. The van der Waals surface area contributed by atoms with Crippen LogP contribution in [0.5, 0.6) is 0 Å². The first-order valence-electron chi connectivity index (χ1n) is 8.97. The van der Waals surface area contributed by atoms with Gasteiger partial charge in [-0.2, -0.15) is 0 Å². The van der Waals surface area contributed by atoms with Crippen molar-refractivity contribution in [2.75, 3.05) is 18.1 Å². The summed E-state index contributed by atoms with van der Waals surface area (Å²) in [6.07, 6.45) is -0.240. The van der Waals surface area contributed by atoms with Gasteiger partial charge in [-0.1, -0.05) is 47.5 Å². The third kappa shape index (κ3) is 3.50. The molecule has 3 aromatic rings. The van der Waals surface area contributed by atoms with Crippen LogP contribution in [0.2, 0.25) is 0 Å². The molecular weight excluding hydrogens is 322 g/mol. The van der Waals surface area contributed by atoms with Crippen LogP contribution in [-0.4, -0.2) is 13.2 Å². The monoisotopic (exact) mass is 345 g/mol. The molecule has 0 unspecified atom stereocenters. The molecular formula is C23H23NO2. The standard InChI is InChI=1S/C23H23NO2/c1-17-3-9-20(10-4-17)24(21-11-5-18(2)6-12-21)22-13-7-19(8-14-22)23-25-15-16-26-23/h3-14,23H,15-16H2,1-2H3. The fourth-order valence-corrected chi connectivity index (χ4v) is 3.17. The molecule has 3 aromatic carbocycles. The summed E-state index contributed by atoms with van der Waals surface area (Å²) in [6, 6.07) is 25.6. The van der Waals surface area contributed by atoms with Gasteiger partial charge in [-0.15, -0.1) is 0 Å². The Labute approximate surface area is 154 Å². The number of hydrogen-bond donors (Lipinski definition) is 0. The van der Waals surface area contributed by atoms with Gasteiger partial charge in [0.15, 0.2) is 6.29 Å². The number of anilines is 3. The Kier molecular flexibility index (Phi) is 4.74. The van der Waals surface area contributed by atoms with Gasteiger partial charge in [0.25, 0.3) is 0 Å². The van der Waals surface area contributed by atoms with Gasteiger partial charge >= 0.3 is 0 Å². The normalized spacial score (nSPS) is 14.5. The zero-order valence-corrected chi connectivity index (χ0v) is 15.2. The molecule has 0 amide bonds. The van der Waals surface area contributed by atoms with Crippen LogP contribution in [0.1, 0.15) is 23.0 Å². The Morgan fingerprint density at radius 3 is 1.42 bits per heavy atom. The van der Waals surface area contributed by atoms with Crippen molar-refractivity contribution in [3.63, 3.8) is 0 Å². The second-order valence-electron chi connectivity index (χ2n) is 6.67. The van der Waals surface area contributed by atoms with E-state index in [-0.39, 0.29) is 6.29 Å². The smallest absolute Gasteiger partial charge is 0.184 e. The first kappa shape index (κ1) is 16.8. The summed E-state index contributed by atoms with van der Waals surface area (Å²) >= 11 is 0. The van der Waals surface area contributed by atoms with Crippen molar-refractivity contribution in [3.8, 4) is 0 Å². The van der Waals surface area contributed by atoms with Gasteiger partial charge in [0.2, 0.25) is 0 Å². The van der Waals surface area contributed by atoms with Crippen molar-refractivity contribution in [2.24, 2.45) is 0 Å². The van der Waals surface area contributed by atoms with Crippen LogP contribution in [0.3, 0.4) is 0 Å². The largest absolute Gasteiger partial charge is 0.346 e. The van der Waals surface area contributed by atoms with E-state index in [1.807, 2.05) is 0 Å². The maximum Gasteiger partial charge on any atom is 0.184 e. The summed E-state index contributed by atoms with van der Waals surface area (Å²) in [5.41, 5.74) is 6.95. The van der Waals surface area contributed by atoms with E-state index in [2.05, 4.69) is 91.5 Å². The van der Waals surface area contributed by atoms with Gasteiger partial charge < -0.3 is 14.4 Å². The third-order valence-corrected chi connectivity index (χ3v) is 4.63. The highest BCUT2D eigenvalue weighted by Crippen LogP contribution is 2.35. The zero-order valence-electron chi connectivity index (χ0n) is 15.2. The molecule has 1 fully saturated rings. The highest BCUT2D eigenvalue weighted by molar-refractivity contribution is 5.76. The van der Waals surface area contributed by atoms with Crippen molar-refractivity contribution < 1.29 is 9.47 Å². The molecule has 0 radical (unpaired) electrons. The van der Waals surface area contributed by atoms with Crippen LogP contribution in [0.25, 0.3) is 0 Å². The average Bonchev–Trinajstić information content (AvgIpc) is 3.20. The molecule has 1 aliphatic rings. The Hall–Kier alpha value is -2.62. The minimum Gasteiger partial charge on any atom is -0.346 e. The maximum absolute atomic E-state index is 5.60.